The molecule has 4 aromatic heterocycles. The Labute approximate surface area is 319 Å². The van der Waals surface area contributed by atoms with E-state index < -0.39 is 21.7 Å². The minimum atomic E-state index is -3.92. The average Bonchev–Trinajstić information content (AvgIpc) is 3.62. The largest absolute Gasteiger partial charge is 0.463 e. The van der Waals surface area contributed by atoms with Crippen molar-refractivity contribution in [3.8, 4) is 29.6 Å². The van der Waals surface area contributed by atoms with Crippen molar-refractivity contribution in [2.75, 3.05) is 24.6 Å². The van der Waals surface area contributed by atoms with Crippen molar-refractivity contribution in [2.45, 2.75) is 61.5 Å². The van der Waals surface area contributed by atoms with Gasteiger partial charge in [0, 0.05) is 54.8 Å². The minimum absolute atomic E-state index is 0.00609. The first kappa shape index (κ1) is 34.4. The van der Waals surface area contributed by atoms with Crippen LogP contribution in [0.15, 0.2) is 72.3 Å². The molecule has 2 unspecified atom stereocenters. The Hall–Kier alpha value is -6.05. The van der Waals surface area contributed by atoms with Crippen molar-refractivity contribution in [1.82, 2.24) is 44.0 Å². The van der Waals surface area contributed by atoms with E-state index in [1.165, 1.54) is 24.5 Å². The highest BCUT2D eigenvalue weighted by Crippen LogP contribution is 2.39. The second-order valence-electron chi connectivity index (χ2n) is 14.6. The Bertz CT molecular complexity index is 2860. The van der Waals surface area contributed by atoms with E-state index in [0.717, 1.165) is 35.3 Å². The molecule has 56 heavy (non-hydrogen) atoms. The lowest BCUT2D eigenvalue weighted by Gasteiger charge is -2.34. The number of nitrogens with one attached hydrogen (secondary N) is 1. The summed E-state index contributed by atoms with van der Waals surface area (Å²) in [5, 5.41) is 9.33. The topological polar surface area (TPSA) is 146 Å². The van der Waals surface area contributed by atoms with Crippen molar-refractivity contribution >= 4 is 48.5 Å². The van der Waals surface area contributed by atoms with E-state index in [0.29, 0.717) is 64.9 Å². The van der Waals surface area contributed by atoms with Crippen LogP contribution in [0.25, 0.3) is 44.0 Å². The van der Waals surface area contributed by atoms with Crippen molar-refractivity contribution in [3.05, 3.63) is 90.4 Å². The predicted molar refractivity (Wildman–Crippen MR) is 205 cm³/mol. The van der Waals surface area contributed by atoms with Crippen LogP contribution in [-0.4, -0.2) is 78.9 Å². The number of piperazine rings is 1. The number of ether oxygens (including phenoxy) is 1. The van der Waals surface area contributed by atoms with E-state index in [-0.39, 0.29) is 52.3 Å². The SMILES string of the molecule is C#Cc1c(F)ccc2cccc(-c3ncc4c(N5CC6CCC(C5)N6)nc(OCCCn5cnc6cc(S(=O)(=O)n7cnc(C8CC8)n7)ccc65)nc4c3F)c12. The molecule has 13 nitrogen and oxygen atoms in total. The van der Waals surface area contributed by atoms with Gasteiger partial charge in [0.15, 0.2) is 11.6 Å². The molecular weight excluding hydrogens is 739 g/mol. The standard InChI is InChI=1S/C40H34F2N10O3S/c1-2-28-31(41)13-9-23-5-3-6-29(34(23)28)36-35(42)37-30(18-43-36)39(51-19-25-10-11-26(20-51)46-25)48-40(47-37)55-16-4-15-50-21-44-32-17-27(12-14-33(32)50)56(53,54)52-22-45-38(49-52)24-7-8-24/h1,3,5-6,9,12-14,17-18,21-22,24-26,46H,4,7-8,10-11,15-16,19-20H2. The van der Waals surface area contributed by atoms with Crippen molar-refractivity contribution in [2.24, 2.45) is 0 Å². The third-order valence-electron chi connectivity index (χ3n) is 10.9. The fourth-order valence-corrected chi connectivity index (χ4v) is 9.05. The van der Waals surface area contributed by atoms with Gasteiger partial charge < -0.3 is 19.5 Å². The summed E-state index contributed by atoms with van der Waals surface area (Å²) in [6.45, 7) is 2.08. The lowest BCUT2D eigenvalue weighted by atomic mass is 9.96. The van der Waals surface area contributed by atoms with Gasteiger partial charge in [-0.3, -0.25) is 4.98 Å². The monoisotopic (exact) mass is 772 g/mol. The number of aryl methyl sites for hydroxylation is 1. The number of imidazole rings is 1. The zero-order chi connectivity index (χ0) is 38.1. The van der Waals surface area contributed by atoms with Gasteiger partial charge in [0.1, 0.15) is 29.2 Å². The average molecular weight is 773 g/mol. The Morgan fingerprint density at radius 2 is 1.80 bits per heavy atom. The quantitative estimate of drug-likeness (QED) is 0.138. The Morgan fingerprint density at radius 3 is 2.61 bits per heavy atom. The maximum Gasteiger partial charge on any atom is 0.319 e. The molecule has 2 aliphatic heterocycles. The first-order valence-electron chi connectivity index (χ1n) is 18.6. The van der Waals surface area contributed by atoms with E-state index >= 15 is 4.39 Å². The molecule has 2 bridgehead atoms. The molecule has 282 valence electrons. The molecule has 2 atom stereocenters. The molecule has 1 N–H and O–H groups in total. The summed E-state index contributed by atoms with van der Waals surface area (Å²) in [6.07, 6.45) is 14.7. The zero-order valence-electron chi connectivity index (χ0n) is 29.9. The summed E-state index contributed by atoms with van der Waals surface area (Å²) in [5.74, 6) is 2.48. The molecule has 0 amide bonds. The third-order valence-corrected chi connectivity index (χ3v) is 12.4. The van der Waals surface area contributed by atoms with Gasteiger partial charge in [-0.1, -0.05) is 30.2 Å². The maximum atomic E-state index is 16.8. The summed E-state index contributed by atoms with van der Waals surface area (Å²) in [4.78, 5) is 24.8. The molecule has 1 aliphatic carbocycles. The van der Waals surface area contributed by atoms with Crippen LogP contribution in [0.4, 0.5) is 14.6 Å². The van der Waals surface area contributed by atoms with Gasteiger partial charge in [-0.25, -0.2) is 18.7 Å². The Balaban J connectivity index is 0.930. The molecule has 10 rings (SSSR count). The Morgan fingerprint density at radius 1 is 0.964 bits per heavy atom. The molecule has 7 aromatic rings. The smallest absolute Gasteiger partial charge is 0.319 e. The zero-order valence-corrected chi connectivity index (χ0v) is 30.8. The number of rotatable bonds is 10. The van der Waals surface area contributed by atoms with E-state index in [2.05, 4.69) is 41.2 Å². The second kappa shape index (κ2) is 13.3. The van der Waals surface area contributed by atoms with Crippen LogP contribution in [0.1, 0.15) is 49.4 Å². The predicted octanol–water partition coefficient (Wildman–Crippen LogP) is 5.57. The molecule has 0 radical (unpaired) electrons. The summed E-state index contributed by atoms with van der Waals surface area (Å²) in [6, 6.07) is 13.5. The summed E-state index contributed by atoms with van der Waals surface area (Å²) >= 11 is 0. The normalized spacial score (nSPS) is 18.3. The lowest BCUT2D eigenvalue weighted by Crippen LogP contribution is -2.51. The third kappa shape index (κ3) is 5.89. The number of hydrogen-bond acceptors (Lipinski definition) is 11. The molecule has 2 saturated heterocycles. The summed E-state index contributed by atoms with van der Waals surface area (Å²) in [5.41, 5.74) is 1.70. The number of pyridine rings is 1. The lowest BCUT2D eigenvalue weighted by molar-refractivity contribution is 0.280. The van der Waals surface area contributed by atoms with Crippen LogP contribution >= 0.6 is 0 Å². The van der Waals surface area contributed by atoms with Crippen LogP contribution in [0.3, 0.4) is 0 Å². The molecule has 6 heterocycles. The number of fused-ring (bicyclic) bond motifs is 5. The highest BCUT2D eigenvalue weighted by molar-refractivity contribution is 7.89. The molecule has 3 aliphatic rings. The number of hydrogen-bond donors (Lipinski definition) is 1. The summed E-state index contributed by atoms with van der Waals surface area (Å²) < 4.78 is 67.2. The van der Waals surface area contributed by atoms with Crippen LogP contribution in [0, 0.1) is 24.0 Å². The van der Waals surface area contributed by atoms with Crippen LogP contribution in [0.2, 0.25) is 0 Å². The van der Waals surface area contributed by atoms with Crippen LogP contribution in [-0.2, 0) is 16.6 Å². The van der Waals surface area contributed by atoms with Crippen LogP contribution < -0.4 is 15.0 Å². The molecule has 1 saturated carbocycles. The van der Waals surface area contributed by atoms with E-state index in [1.807, 2.05) is 4.57 Å². The molecule has 0 spiro atoms. The molecular formula is C40H34F2N10O3S. The van der Waals surface area contributed by atoms with Gasteiger partial charge in [-0.2, -0.15) is 18.4 Å². The Kier molecular flexibility index (Phi) is 8.19. The number of aromatic nitrogens is 8. The first-order chi connectivity index (χ1) is 27.2. The van der Waals surface area contributed by atoms with Crippen LogP contribution in [0.5, 0.6) is 6.01 Å². The summed E-state index contributed by atoms with van der Waals surface area (Å²) in [7, 11) is -3.92. The van der Waals surface area contributed by atoms with Gasteiger partial charge in [-0.15, -0.1) is 15.6 Å². The van der Waals surface area contributed by atoms with Gasteiger partial charge >= 0.3 is 6.01 Å². The van der Waals surface area contributed by atoms with Gasteiger partial charge in [-0.05, 0) is 61.8 Å². The van der Waals surface area contributed by atoms with Crippen molar-refractivity contribution < 1.29 is 21.9 Å². The number of terminal acetylenes is 1. The number of halogens is 2. The number of anilines is 1. The maximum absolute atomic E-state index is 16.8. The first-order valence-corrected chi connectivity index (χ1v) is 20.0. The fourth-order valence-electron chi connectivity index (χ4n) is 7.97. The van der Waals surface area contributed by atoms with E-state index in [4.69, 9.17) is 16.1 Å². The fraction of sp³-hybridized carbons (Fsp3) is 0.300. The molecule has 3 fully saturated rings. The molecule has 3 aromatic carbocycles. The van der Waals surface area contributed by atoms with E-state index in [9.17, 15) is 12.8 Å². The van der Waals surface area contributed by atoms with E-state index in [1.54, 1.807) is 42.9 Å². The highest BCUT2D eigenvalue weighted by Gasteiger charge is 2.34. The van der Waals surface area contributed by atoms with Crippen molar-refractivity contribution in [3.63, 3.8) is 0 Å². The second-order valence-corrected chi connectivity index (χ2v) is 16.4. The highest BCUT2D eigenvalue weighted by atomic mass is 32.2. The number of nitrogens with zero attached hydrogens (tertiary/aromatic N) is 9. The molecule has 16 heteroatoms. The minimum Gasteiger partial charge on any atom is -0.463 e. The number of benzene rings is 3. The van der Waals surface area contributed by atoms with Crippen molar-refractivity contribution in [1.29, 1.82) is 0 Å². The van der Waals surface area contributed by atoms with Gasteiger partial charge in [0.25, 0.3) is 10.0 Å². The van der Waals surface area contributed by atoms with Gasteiger partial charge in [0.2, 0.25) is 0 Å². The van der Waals surface area contributed by atoms with Gasteiger partial charge in [0.05, 0.1) is 39.8 Å².